The zero-order valence-electron chi connectivity index (χ0n) is 10.7. The van der Waals surface area contributed by atoms with E-state index in [1.165, 1.54) is 12.1 Å². The smallest absolute Gasteiger partial charge is 0.136 e. The molecule has 0 saturated heterocycles. The van der Waals surface area contributed by atoms with Crippen molar-refractivity contribution >= 4 is 11.6 Å². The second-order valence-electron chi connectivity index (χ2n) is 4.39. The van der Waals surface area contributed by atoms with E-state index in [1.807, 2.05) is 0 Å². The molecule has 1 nitrogen and oxygen atoms in total. The molecule has 4 heteroatoms. The van der Waals surface area contributed by atoms with E-state index in [2.05, 4.69) is 5.32 Å². The highest BCUT2D eigenvalue weighted by Gasteiger charge is 2.16. The van der Waals surface area contributed by atoms with Gasteiger partial charge in [0.25, 0.3) is 0 Å². The summed E-state index contributed by atoms with van der Waals surface area (Å²) < 4.78 is 28.2. The summed E-state index contributed by atoms with van der Waals surface area (Å²) in [7, 11) is 1.78. The molecule has 0 radical (unpaired) electrons. The lowest BCUT2D eigenvalue weighted by molar-refractivity contribution is 0.583. The van der Waals surface area contributed by atoms with Gasteiger partial charge < -0.3 is 5.32 Å². The van der Waals surface area contributed by atoms with Gasteiger partial charge in [0.15, 0.2) is 0 Å². The van der Waals surface area contributed by atoms with Gasteiger partial charge in [-0.15, -0.1) is 0 Å². The van der Waals surface area contributed by atoms with E-state index in [0.717, 1.165) is 5.56 Å². The average molecular weight is 282 g/mol. The molecule has 0 atom stereocenters. The molecule has 0 spiro atoms. The summed E-state index contributed by atoms with van der Waals surface area (Å²) in [5.41, 5.74) is 1.68. The van der Waals surface area contributed by atoms with E-state index < -0.39 is 11.6 Å². The van der Waals surface area contributed by atoms with Gasteiger partial charge in [-0.2, -0.15) is 0 Å². The lowest BCUT2D eigenvalue weighted by Crippen LogP contribution is -2.07. The Hall–Kier alpha value is -1.45. The van der Waals surface area contributed by atoms with E-state index in [-0.39, 0.29) is 5.56 Å². The SMILES string of the molecule is CNCc1ccc(Cl)cc1-c1c(F)ccc(C)c1F. The molecular formula is C15H14ClF2N. The molecule has 2 aromatic rings. The van der Waals surface area contributed by atoms with Gasteiger partial charge >= 0.3 is 0 Å². The van der Waals surface area contributed by atoms with Crippen LogP contribution >= 0.6 is 11.6 Å². The van der Waals surface area contributed by atoms with Crippen LogP contribution in [0.4, 0.5) is 8.78 Å². The number of nitrogens with one attached hydrogen (secondary N) is 1. The molecule has 0 aliphatic carbocycles. The maximum absolute atomic E-state index is 14.2. The summed E-state index contributed by atoms with van der Waals surface area (Å²) >= 11 is 5.95. The second kappa shape index (κ2) is 5.68. The summed E-state index contributed by atoms with van der Waals surface area (Å²) in [6.07, 6.45) is 0. The van der Waals surface area contributed by atoms with Gasteiger partial charge in [0, 0.05) is 11.6 Å². The van der Waals surface area contributed by atoms with E-state index in [4.69, 9.17) is 11.6 Å². The van der Waals surface area contributed by atoms with Crippen molar-refractivity contribution in [3.05, 3.63) is 58.1 Å². The largest absolute Gasteiger partial charge is 0.316 e. The first kappa shape index (κ1) is 14.0. The summed E-state index contributed by atoms with van der Waals surface area (Å²) in [4.78, 5) is 0. The fourth-order valence-electron chi connectivity index (χ4n) is 2.03. The van der Waals surface area contributed by atoms with Crippen molar-refractivity contribution in [1.82, 2.24) is 5.32 Å². The van der Waals surface area contributed by atoms with Crippen LogP contribution in [0, 0.1) is 18.6 Å². The molecule has 2 aromatic carbocycles. The quantitative estimate of drug-likeness (QED) is 0.884. The van der Waals surface area contributed by atoms with E-state index in [1.54, 1.807) is 32.2 Å². The first-order chi connectivity index (χ1) is 9.04. The van der Waals surface area contributed by atoms with Gasteiger partial charge in [0.1, 0.15) is 11.6 Å². The summed E-state index contributed by atoms with van der Waals surface area (Å²) in [6, 6.07) is 7.78. The molecule has 0 aromatic heterocycles. The summed E-state index contributed by atoms with van der Waals surface area (Å²) in [5, 5.41) is 3.43. The third-order valence-electron chi connectivity index (χ3n) is 2.99. The zero-order chi connectivity index (χ0) is 14.0. The van der Waals surface area contributed by atoms with Crippen molar-refractivity contribution in [3.8, 4) is 11.1 Å². The van der Waals surface area contributed by atoms with Crippen LogP contribution in [0.15, 0.2) is 30.3 Å². The van der Waals surface area contributed by atoms with Gasteiger partial charge in [-0.05, 0) is 48.9 Å². The lowest BCUT2D eigenvalue weighted by atomic mass is 9.97. The predicted molar refractivity (Wildman–Crippen MR) is 74.3 cm³/mol. The molecule has 0 unspecified atom stereocenters. The highest BCUT2D eigenvalue weighted by molar-refractivity contribution is 6.30. The Labute approximate surface area is 116 Å². The number of aryl methyl sites for hydroxylation is 1. The monoisotopic (exact) mass is 281 g/mol. The molecule has 0 aliphatic heterocycles. The van der Waals surface area contributed by atoms with Gasteiger partial charge in [-0.25, -0.2) is 8.78 Å². The minimum atomic E-state index is -0.581. The van der Waals surface area contributed by atoms with Crippen LogP contribution in [0.1, 0.15) is 11.1 Å². The molecule has 0 saturated carbocycles. The van der Waals surface area contributed by atoms with Crippen LogP contribution in [-0.4, -0.2) is 7.05 Å². The van der Waals surface area contributed by atoms with Crippen LogP contribution in [0.2, 0.25) is 5.02 Å². The Bertz CT molecular complexity index is 611. The molecule has 0 bridgehead atoms. The molecular weight excluding hydrogens is 268 g/mol. The first-order valence-electron chi connectivity index (χ1n) is 5.92. The molecule has 0 amide bonds. The minimum absolute atomic E-state index is 0.0206. The number of hydrogen-bond acceptors (Lipinski definition) is 1. The van der Waals surface area contributed by atoms with E-state index in [9.17, 15) is 8.78 Å². The third-order valence-corrected chi connectivity index (χ3v) is 3.23. The van der Waals surface area contributed by atoms with Crippen molar-refractivity contribution in [2.24, 2.45) is 0 Å². The first-order valence-corrected chi connectivity index (χ1v) is 6.30. The second-order valence-corrected chi connectivity index (χ2v) is 4.82. The highest BCUT2D eigenvalue weighted by Crippen LogP contribution is 2.32. The van der Waals surface area contributed by atoms with E-state index in [0.29, 0.717) is 22.7 Å². The fourth-order valence-corrected chi connectivity index (χ4v) is 2.20. The van der Waals surface area contributed by atoms with Gasteiger partial charge in [-0.1, -0.05) is 23.7 Å². The number of halogens is 3. The van der Waals surface area contributed by atoms with Gasteiger partial charge in [-0.3, -0.25) is 0 Å². The van der Waals surface area contributed by atoms with Crippen molar-refractivity contribution in [2.45, 2.75) is 13.5 Å². The van der Waals surface area contributed by atoms with Crippen molar-refractivity contribution < 1.29 is 8.78 Å². The van der Waals surface area contributed by atoms with Gasteiger partial charge in [0.2, 0.25) is 0 Å². The Balaban J connectivity index is 2.70. The maximum atomic E-state index is 14.2. The maximum Gasteiger partial charge on any atom is 0.136 e. The van der Waals surface area contributed by atoms with Crippen LogP contribution in [0.3, 0.4) is 0 Å². The van der Waals surface area contributed by atoms with Crippen molar-refractivity contribution in [2.75, 3.05) is 7.05 Å². The minimum Gasteiger partial charge on any atom is -0.316 e. The fraction of sp³-hybridized carbons (Fsp3) is 0.200. The molecule has 0 aliphatic rings. The zero-order valence-corrected chi connectivity index (χ0v) is 11.5. The molecule has 0 heterocycles. The molecule has 2 rings (SSSR count). The number of hydrogen-bond donors (Lipinski definition) is 1. The Kier molecular flexibility index (Phi) is 4.17. The van der Waals surface area contributed by atoms with Crippen LogP contribution < -0.4 is 5.32 Å². The normalized spacial score (nSPS) is 10.8. The summed E-state index contributed by atoms with van der Waals surface area (Å²) in [6.45, 7) is 2.12. The standard InChI is InChI=1S/C15H14ClF2N/c1-9-3-6-13(17)14(15(9)18)12-7-11(16)5-4-10(12)8-19-2/h3-7,19H,8H2,1-2H3. The average Bonchev–Trinajstić information content (AvgIpc) is 2.38. The molecule has 19 heavy (non-hydrogen) atoms. The summed E-state index contributed by atoms with van der Waals surface area (Å²) in [5.74, 6) is -1.12. The van der Waals surface area contributed by atoms with Crippen molar-refractivity contribution in [3.63, 3.8) is 0 Å². The molecule has 0 fully saturated rings. The topological polar surface area (TPSA) is 12.0 Å². The lowest BCUT2D eigenvalue weighted by Gasteiger charge is -2.13. The Morgan fingerprint density at radius 2 is 1.89 bits per heavy atom. The molecule has 100 valence electrons. The number of benzene rings is 2. The van der Waals surface area contributed by atoms with Crippen molar-refractivity contribution in [1.29, 1.82) is 0 Å². The van der Waals surface area contributed by atoms with Gasteiger partial charge in [0.05, 0.1) is 5.56 Å². The Morgan fingerprint density at radius 3 is 2.58 bits per heavy atom. The van der Waals surface area contributed by atoms with Crippen LogP contribution in [0.5, 0.6) is 0 Å². The number of rotatable bonds is 3. The van der Waals surface area contributed by atoms with E-state index >= 15 is 0 Å². The Morgan fingerprint density at radius 1 is 1.16 bits per heavy atom. The molecule has 1 N–H and O–H groups in total. The van der Waals surface area contributed by atoms with Crippen LogP contribution in [-0.2, 0) is 6.54 Å². The third kappa shape index (κ3) is 2.77. The predicted octanol–water partition coefficient (Wildman–Crippen LogP) is 4.31. The van der Waals surface area contributed by atoms with Crippen LogP contribution in [0.25, 0.3) is 11.1 Å². The highest BCUT2D eigenvalue weighted by atomic mass is 35.5.